The number of hydrogen-bond donors (Lipinski definition) is 1. The van der Waals surface area contributed by atoms with Crippen molar-refractivity contribution in [1.82, 2.24) is 9.71 Å². The van der Waals surface area contributed by atoms with Crippen LogP contribution in [0.25, 0.3) is 0 Å². The number of benzene rings is 1. The lowest BCUT2D eigenvalue weighted by Gasteiger charge is -2.09. The molecule has 0 fully saturated rings. The smallest absolute Gasteiger partial charge is 0.242 e. The first-order valence-electron chi connectivity index (χ1n) is 6.50. The number of halogens is 2. The molecule has 1 N–H and O–H groups in total. The Bertz CT molecular complexity index is 767. The second kappa shape index (κ2) is 7.83. The van der Waals surface area contributed by atoms with Gasteiger partial charge in [-0.25, -0.2) is 18.1 Å². The van der Waals surface area contributed by atoms with Gasteiger partial charge in [0.05, 0.1) is 12.1 Å². The third-order valence-electron chi connectivity index (χ3n) is 2.80. The van der Waals surface area contributed by atoms with Crippen LogP contribution in [0.15, 0.2) is 41.4 Å². The van der Waals surface area contributed by atoms with Crippen molar-refractivity contribution in [2.75, 3.05) is 20.3 Å². The Hall–Kier alpha value is -1.54. The monoisotopic (exact) mass is 376 g/mol. The van der Waals surface area contributed by atoms with Crippen molar-refractivity contribution in [1.29, 1.82) is 0 Å². The van der Waals surface area contributed by atoms with E-state index in [1.807, 2.05) is 0 Å². The summed E-state index contributed by atoms with van der Waals surface area (Å²) < 4.78 is 37.0. The van der Waals surface area contributed by atoms with E-state index >= 15 is 0 Å². The predicted octanol–water partition coefficient (Wildman–Crippen LogP) is 2.75. The van der Waals surface area contributed by atoms with E-state index in [9.17, 15) is 8.42 Å². The third-order valence-corrected chi connectivity index (χ3v) is 4.92. The Morgan fingerprint density at radius 2 is 1.83 bits per heavy atom. The molecule has 0 bridgehead atoms. The molecule has 1 aromatic carbocycles. The number of sulfonamides is 1. The Kier molecular flexibility index (Phi) is 6.06. The summed E-state index contributed by atoms with van der Waals surface area (Å²) in [5, 5.41) is 0.123. The highest BCUT2D eigenvalue weighted by Gasteiger charge is 2.15. The molecule has 0 spiro atoms. The van der Waals surface area contributed by atoms with Gasteiger partial charge in [-0.15, -0.1) is 0 Å². The van der Waals surface area contributed by atoms with Gasteiger partial charge in [0.25, 0.3) is 0 Å². The van der Waals surface area contributed by atoms with Gasteiger partial charge >= 0.3 is 0 Å². The van der Waals surface area contributed by atoms with Crippen molar-refractivity contribution in [3.05, 3.63) is 46.7 Å². The molecule has 0 amide bonds. The van der Waals surface area contributed by atoms with E-state index in [1.165, 1.54) is 6.07 Å². The summed E-state index contributed by atoms with van der Waals surface area (Å²) in [6, 6.07) is 8.21. The molecule has 6 nitrogen and oxygen atoms in total. The van der Waals surface area contributed by atoms with Gasteiger partial charge in [0.15, 0.2) is 0 Å². The van der Waals surface area contributed by atoms with E-state index in [2.05, 4.69) is 9.71 Å². The molecule has 2 aromatic rings. The van der Waals surface area contributed by atoms with Crippen molar-refractivity contribution in [2.45, 2.75) is 4.90 Å². The number of ether oxygens (including phenoxy) is 2. The summed E-state index contributed by atoms with van der Waals surface area (Å²) in [6.07, 6.45) is 1.14. The number of aromatic nitrogens is 1. The standard InChI is InChI=1S/C14H14Cl2N2O4S/c1-21-10-2-4-11(5-3-10)22-7-6-18-23(19,20)12-8-13(15)14(16)17-9-12/h2-5,8-9,18H,6-7H2,1H3. The first-order valence-corrected chi connectivity index (χ1v) is 8.74. The fourth-order valence-electron chi connectivity index (χ4n) is 1.65. The van der Waals surface area contributed by atoms with E-state index in [1.54, 1.807) is 31.4 Å². The van der Waals surface area contributed by atoms with Crippen molar-refractivity contribution in [3.8, 4) is 11.5 Å². The van der Waals surface area contributed by atoms with Gasteiger partial charge in [-0.3, -0.25) is 0 Å². The number of methoxy groups -OCH3 is 1. The Balaban J connectivity index is 1.88. The summed E-state index contributed by atoms with van der Waals surface area (Å²) in [5.74, 6) is 1.33. The highest BCUT2D eigenvalue weighted by molar-refractivity contribution is 7.89. The molecular weight excluding hydrogens is 363 g/mol. The molecule has 2 rings (SSSR count). The number of rotatable bonds is 7. The Morgan fingerprint density at radius 3 is 2.43 bits per heavy atom. The van der Waals surface area contributed by atoms with Crippen molar-refractivity contribution in [3.63, 3.8) is 0 Å². The quantitative estimate of drug-likeness (QED) is 0.593. The fourth-order valence-corrected chi connectivity index (χ4v) is 2.97. The number of pyridine rings is 1. The summed E-state index contributed by atoms with van der Waals surface area (Å²) in [7, 11) is -2.15. The van der Waals surface area contributed by atoms with E-state index < -0.39 is 10.0 Å². The first-order chi connectivity index (χ1) is 10.9. The summed E-state index contributed by atoms with van der Waals surface area (Å²) in [5.41, 5.74) is 0. The molecule has 0 aliphatic carbocycles. The molecule has 0 radical (unpaired) electrons. The van der Waals surface area contributed by atoms with Gasteiger partial charge in [0, 0.05) is 12.7 Å². The first kappa shape index (κ1) is 17.8. The number of hydrogen-bond acceptors (Lipinski definition) is 5. The average molecular weight is 377 g/mol. The topological polar surface area (TPSA) is 77.5 Å². The fraction of sp³-hybridized carbons (Fsp3) is 0.214. The molecule has 23 heavy (non-hydrogen) atoms. The maximum Gasteiger partial charge on any atom is 0.242 e. The lowest BCUT2D eigenvalue weighted by Crippen LogP contribution is -2.28. The average Bonchev–Trinajstić information content (AvgIpc) is 2.54. The zero-order valence-electron chi connectivity index (χ0n) is 12.1. The van der Waals surface area contributed by atoms with E-state index in [0.717, 1.165) is 6.20 Å². The number of nitrogens with one attached hydrogen (secondary N) is 1. The van der Waals surface area contributed by atoms with Gasteiger partial charge in [-0.1, -0.05) is 23.2 Å². The van der Waals surface area contributed by atoms with Crippen molar-refractivity contribution in [2.24, 2.45) is 0 Å². The summed E-state index contributed by atoms with van der Waals surface area (Å²) in [4.78, 5) is 3.65. The van der Waals surface area contributed by atoms with Gasteiger partial charge < -0.3 is 9.47 Å². The minimum Gasteiger partial charge on any atom is -0.497 e. The summed E-state index contributed by atoms with van der Waals surface area (Å²) in [6.45, 7) is 0.259. The molecule has 0 aliphatic rings. The van der Waals surface area contributed by atoms with E-state index in [-0.39, 0.29) is 28.2 Å². The van der Waals surface area contributed by atoms with Gasteiger partial charge in [0.2, 0.25) is 10.0 Å². The largest absolute Gasteiger partial charge is 0.497 e. The molecule has 124 valence electrons. The van der Waals surface area contributed by atoms with Crippen LogP contribution in [-0.2, 0) is 10.0 Å². The number of nitrogens with zero attached hydrogens (tertiary/aromatic N) is 1. The van der Waals surface area contributed by atoms with Crippen molar-refractivity contribution < 1.29 is 17.9 Å². The second-order valence-corrected chi connectivity index (χ2v) is 6.90. The van der Waals surface area contributed by atoms with Crippen LogP contribution < -0.4 is 14.2 Å². The zero-order valence-corrected chi connectivity index (χ0v) is 14.5. The van der Waals surface area contributed by atoms with E-state index in [4.69, 9.17) is 32.7 Å². The predicted molar refractivity (Wildman–Crippen MR) is 87.9 cm³/mol. The van der Waals surface area contributed by atoms with Crippen LogP contribution in [0.5, 0.6) is 11.5 Å². The minimum atomic E-state index is -3.72. The molecular formula is C14H14Cl2N2O4S. The van der Waals surface area contributed by atoms with Gasteiger partial charge in [0.1, 0.15) is 28.2 Å². The Morgan fingerprint density at radius 1 is 1.17 bits per heavy atom. The lowest BCUT2D eigenvalue weighted by molar-refractivity contribution is 0.322. The highest BCUT2D eigenvalue weighted by Crippen LogP contribution is 2.22. The van der Waals surface area contributed by atoms with E-state index in [0.29, 0.717) is 11.5 Å². The van der Waals surface area contributed by atoms with Gasteiger partial charge in [-0.05, 0) is 30.3 Å². The molecule has 0 saturated heterocycles. The molecule has 9 heteroatoms. The molecule has 0 atom stereocenters. The van der Waals surface area contributed by atoms with Crippen LogP contribution in [0.2, 0.25) is 10.2 Å². The molecule has 1 heterocycles. The maximum atomic E-state index is 12.1. The summed E-state index contributed by atoms with van der Waals surface area (Å²) >= 11 is 11.4. The lowest BCUT2D eigenvalue weighted by atomic mass is 10.3. The zero-order chi connectivity index (χ0) is 16.9. The van der Waals surface area contributed by atoms with Crippen LogP contribution in [0.4, 0.5) is 0 Å². The Labute approximate surface area is 144 Å². The maximum absolute atomic E-state index is 12.1. The van der Waals surface area contributed by atoms with Crippen molar-refractivity contribution >= 4 is 33.2 Å². The molecule has 1 aromatic heterocycles. The van der Waals surface area contributed by atoms with Crippen LogP contribution in [0.1, 0.15) is 0 Å². The SMILES string of the molecule is COc1ccc(OCCNS(=O)(=O)c2cnc(Cl)c(Cl)c2)cc1. The highest BCUT2D eigenvalue weighted by atomic mass is 35.5. The molecule has 0 unspecified atom stereocenters. The van der Waals surface area contributed by atoms with Crippen LogP contribution in [0.3, 0.4) is 0 Å². The van der Waals surface area contributed by atoms with Crippen LogP contribution in [0, 0.1) is 0 Å². The van der Waals surface area contributed by atoms with Gasteiger partial charge in [-0.2, -0.15) is 0 Å². The van der Waals surface area contributed by atoms with Crippen LogP contribution in [-0.4, -0.2) is 33.7 Å². The third kappa shape index (κ3) is 4.97. The minimum absolute atomic E-state index is 0.0495. The molecule has 0 saturated carbocycles. The normalized spacial score (nSPS) is 11.3. The second-order valence-electron chi connectivity index (χ2n) is 4.37. The van der Waals surface area contributed by atoms with Crippen LogP contribution >= 0.6 is 23.2 Å². The molecule has 0 aliphatic heterocycles.